The SMILES string of the molecule is CCC(C(=O)NN)N1CCN2C(=O)CCC2C1. The van der Waals surface area contributed by atoms with Crippen LogP contribution in [-0.2, 0) is 9.59 Å². The molecule has 2 aliphatic heterocycles. The Kier molecular flexibility index (Phi) is 3.63. The Balaban J connectivity index is 2.00. The summed E-state index contributed by atoms with van der Waals surface area (Å²) < 4.78 is 0. The summed E-state index contributed by atoms with van der Waals surface area (Å²) in [7, 11) is 0. The Labute approximate surface area is 101 Å². The number of nitrogens with one attached hydrogen (secondary N) is 1. The number of nitrogens with two attached hydrogens (primary N) is 1. The standard InChI is InChI=1S/C11H20N4O2/c1-2-9(11(17)13-12)14-5-6-15-8(7-14)3-4-10(15)16/h8-9H,2-7,12H2,1H3,(H,13,17). The van der Waals surface area contributed by atoms with Crippen molar-refractivity contribution in [2.45, 2.75) is 38.3 Å². The fourth-order valence-electron chi connectivity index (χ4n) is 2.88. The zero-order valence-corrected chi connectivity index (χ0v) is 10.2. The number of nitrogens with zero attached hydrogens (tertiary/aromatic N) is 2. The Hall–Kier alpha value is -1.14. The highest BCUT2D eigenvalue weighted by Gasteiger charge is 2.38. The highest BCUT2D eigenvalue weighted by molar-refractivity contribution is 5.81. The van der Waals surface area contributed by atoms with Crippen molar-refractivity contribution in [3.05, 3.63) is 0 Å². The average molecular weight is 240 g/mol. The minimum atomic E-state index is -0.169. The lowest BCUT2D eigenvalue weighted by Gasteiger charge is -2.40. The van der Waals surface area contributed by atoms with E-state index in [0.29, 0.717) is 6.42 Å². The van der Waals surface area contributed by atoms with Gasteiger partial charge in [0.15, 0.2) is 0 Å². The van der Waals surface area contributed by atoms with Gasteiger partial charge >= 0.3 is 0 Å². The van der Waals surface area contributed by atoms with Crippen LogP contribution in [0.15, 0.2) is 0 Å². The quantitative estimate of drug-likeness (QED) is 0.379. The van der Waals surface area contributed by atoms with Gasteiger partial charge in [-0.3, -0.25) is 19.9 Å². The smallest absolute Gasteiger partial charge is 0.251 e. The van der Waals surface area contributed by atoms with Gasteiger partial charge in [0.2, 0.25) is 5.91 Å². The van der Waals surface area contributed by atoms with Crippen molar-refractivity contribution in [3.8, 4) is 0 Å². The van der Waals surface area contributed by atoms with E-state index in [9.17, 15) is 9.59 Å². The Morgan fingerprint density at radius 3 is 3.00 bits per heavy atom. The van der Waals surface area contributed by atoms with Gasteiger partial charge in [-0.25, -0.2) is 5.84 Å². The van der Waals surface area contributed by atoms with Crippen molar-refractivity contribution in [3.63, 3.8) is 0 Å². The topological polar surface area (TPSA) is 78.7 Å². The van der Waals surface area contributed by atoms with Crippen LogP contribution >= 0.6 is 0 Å². The zero-order chi connectivity index (χ0) is 12.4. The second-order valence-electron chi connectivity index (χ2n) is 4.71. The van der Waals surface area contributed by atoms with Crippen molar-refractivity contribution >= 4 is 11.8 Å². The zero-order valence-electron chi connectivity index (χ0n) is 10.2. The van der Waals surface area contributed by atoms with Gasteiger partial charge in [-0.1, -0.05) is 6.92 Å². The normalized spacial score (nSPS) is 26.8. The van der Waals surface area contributed by atoms with Crippen molar-refractivity contribution in [1.29, 1.82) is 0 Å². The molecule has 0 aromatic rings. The summed E-state index contributed by atoms with van der Waals surface area (Å²) in [6.07, 6.45) is 2.30. The van der Waals surface area contributed by atoms with E-state index in [0.717, 1.165) is 32.5 Å². The first-order chi connectivity index (χ1) is 8.17. The maximum Gasteiger partial charge on any atom is 0.251 e. The molecule has 2 rings (SSSR count). The lowest BCUT2D eigenvalue weighted by molar-refractivity contribution is -0.132. The van der Waals surface area contributed by atoms with Crippen LogP contribution in [0.25, 0.3) is 0 Å². The van der Waals surface area contributed by atoms with Crippen LogP contribution in [0.3, 0.4) is 0 Å². The number of hydrogen-bond donors (Lipinski definition) is 2. The molecule has 0 aliphatic carbocycles. The van der Waals surface area contributed by atoms with Gasteiger partial charge < -0.3 is 4.90 Å². The lowest BCUT2D eigenvalue weighted by Crippen LogP contribution is -2.58. The Morgan fingerprint density at radius 1 is 1.59 bits per heavy atom. The molecule has 0 saturated carbocycles. The molecule has 2 fully saturated rings. The molecule has 2 heterocycles. The summed E-state index contributed by atoms with van der Waals surface area (Å²) in [5.41, 5.74) is 2.22. The minimum Gasteiger partial charge on any atom is -0.337 e. The Bertz CT molecular complexity index is 321. The molecule has 0 bridgehead atoms. The molecule has 2 unspecified atom stereocenters. The van der Waals surface area contributed by atoms with Crippen LogP contribution in [-0.4, -0.2) is 53.3 Å². The predicted molar refractivity (Wildman–Crippen MR) is 62.7 cm³/mol. The summed E-state index contributed by atoms with van der Waals surface area (Å²) in [6.45, 7) is 4.26. The first-order valence-corrected chi connectivity index (χ1v) is 6.21. The fraction of sp³-hybridized carbons (Fsp3) is 0.818. The molecule has 0 radical (unpaired) electrons. The minimum absolute atomic E-state index is 0.134. The summed E-state index contributed by atoms with van der Waals surface area (Å²) in [6, 6.07) is 0.119. The van der Waals surface area contributed by atoms with E-state index < -0.39 is 0 Å². The molecule has 0 spiro atoms. The van der Waals surface area contributed by atoms with Crippen LogP contribution in [0.2, 0.25) is 0 Å². The average Bonchev–Trinajstić information content (AvgIpc) is 2.71. The van der Waals surface area contributed by atoms with Gasteiger partial charge in [-0.15, -0.1) is 0 Å². The highest BCUT2D eigenvalue weighted by Crippen LogP contribution is 2.24. The van der Waals surface area contributed by atoms with Gasteiger partial charge in [0.25, 0.3) is 5.91 Å². The van der Waals surface area contributed by atoms with Crippen molar-refractivity contribution in [2.24, 2.45) is 5.84 Å². The molecular weight excluding hydrogens is 220 g/mol. The van der Waals surface area contributed by atoms with Crippen molar-refractivity contribution in [1.82, 2.24) is 15.2 Å². The van der Waals surface area contributed by atoms with E-state index >= 15 is 0 Å². The van der Waals surface area contributed by atoms with E-state index in [1.165, 1.54) is 0 Å². The van der Waals surface area contributed by atoms with E-state index in [1.54, 1.807) is 0 Å². The molecule has 3 N–H and O–H groups in total. The summed E-state index contributed by atoms with van der Waals surface area (Å²) >= 11 is 0. The largest absolute Gasteiger partial charge is 0.337 e. The number of fused-ring (bicyclic) bond motifs is 1. The molecular formula is C11H20N4O2. The molecule has 96 valence electrons. The van der Waals surface area contributed by atoms with E-state index in [4.69, 9.17) is 5.84 Å². The number of carbonyl (C=O) groups is 2. The number of amides is 2. The molecule has 2 saturated heterocycles. The maximum absolute atomic E-state index is 11.6. The van der Waals surface area contributed by atoms with Crippen LogP contribution in [0.1, 0.15) is 26.2 Å². The number of hydrogen-bond acceptors (Lipinski definition) is 4. The third-order valence-corrected chi connectivity index (χ3v) is 3.80. The van der Waals surface area contributed by atoms with Crippen molar-refractivity contribution < 1.29 is 9.59 Å². The van der Waals surface area contributed by atoms with Crippen LogP contribution < -0.4 is 11.3 Å². The van der Waals surface area contributed by atoms with E-state index in [-0.39, 0.29) is 23.9 Å². The van der Waals surface area contributed by atoms with Gasteiger partial charge in [0, 0.05) is 32.1 Å². The fourth-order valence-corrected chi connectivity index (χ4v) is 2.88. The van der Waals surface area contributed by atoms with Crippen LogP contribution in [0, 0.1) is 0 Å². The number of piperazine rings is 1. The Morgan fingerprint density at radius 2 is 2.35 bits per heavy atom. The first-order valence-electron chi connectivity index (χ1n) is 6.21. The number of carbonyl (C=O) groups excluding carboxylic acids is 2. The van der Waals surface area contributed by atoms with Gasteiger partial charge in [-0.2, -0.15) is 0 Å². The number of hydrazine groups is 1. The molecule has 17 heavy (non-hydrogen) atoms. The molecule has 6 heteroatoms. The lowest BCUT2D eigenvalue weighted by atomic mass is 10.1. The van der Waals surface area contributed by atoms with Gasteiger partial charge in [-0.05, 0) is 12.8 Å². The summed E-state index contributed by atoms with van der Waals surface area (Å²) in [5.74, 6) is 5.31. The van der Waals surface area contributed by atoms with Gasteiger partial charge in [0.05, 0.1) is 6.04 Å². The maximum atomic E-state index is 11.6. The summed E-state index contributed by atoms with van der Waals surface area (Å²) in [5, 5.41) is 0. The monoisotopic (exact) mass is 240 g/mol. The van der Waals surface area contributed by atoms with Crippen molar-refractivity contribution in [2.75, 3.05) is 19.6 Å². The predicted octanol–water partition coefficient (Wildman–Crippen LogP) is -0.938. The van der Waals surface area contributed by atoms with Crippen LogP contribution in [0.4, 0.5) is 0 Å². The second-order valence-corrected chi connectivity index (χ2v) is 4.71. The van der Waals surface area contributed by atoms with Gasteiger partial charge in [0.1, 0.15) is 0 Å². The molecule has 2 atom stereocenters. The molecule has 2 amide bonds. The van der Waals surface area contributed by atoms with E-state index in [2.05, 4.69) is 10.3 Å². The summed E-state index contributed by atoms with van der Waals surface area (Å²) in [4.78, 5) is 27.3. The molecule has 0 aromatic carbocycles. The van der Waals surface area contributed by atoms with E-state index in [1.807, 2.05) is 11.8 Å². The third-order valence-electron chi connectivity index (χ3n) is 3.80. The molecule has 0 aromatic heterocycles. The molecule has 2 aliphatic rings. The molecule has 6 nitrogen and oxygen atoms in total. The first kappa shape index (κ1) is 12.3. The second kappa shape index (κ2) is 5.01. The van der Waals surface area contributed by atoms with Crippen LogP contribution in [0.5, 0.6) is 0 Å². The highest BCUT2D eigenvalue weighted by atomic mass is 16.2. The third kappa shape index (κ3) is 2.28. The number of rotatable bonds is 3.